The van der Waals surface area contributed by atoms with Gasteiger partial charge in [-0.25, -0.2) is 4.79 Å². The molecular formula is C10H18O6. The monoisotopic (exact) mass is 234 g/mol. The number of carbonyl (C=O) groups is 1. The highest BCUT2D eigenvalue weighted by Crippen LogP contribution is 2.32. The number of aliphatic hydroxyl groups excluding tert-OH is 3. The number of hydrogen-bond acceptors (Lipinski definition) is 5. The van der Waals surface area contributed by atoms with Crippen LogP contribution in [0.25, 0.3) is 0 Å². The number of aliphatic hydroxyl groups is 3. The van der Waals surface area contributed by atoms with Crippen LogP contribution in [0.5, 0.6) is 0 Å². The molecule has 0 amide bonds. The Hall–Kier alpha value is -0.690. The highest BCUT2D eigenvalue weighted by molar-refractivity contribution is 5.73. The van der Waals surface area contributed by atoms with Gasteiger partial charge in [0.1, 0.15) is 18.3 Å². The molecule has 0 radical (unpaired) electrons. The maximum absolute atomic E-state index is 10.8. The van der Waals surface area contributed by atoms with Crippen LogP contribution >= 0.6 is 0 Å². The third kappa shape index (κ3) is 2.35. The summed E-state index contributed by atoms with van der Waals surface area (Å²) in [5.41, 5.74) is -0.533. The van der Waals surface area contributed by atoms with E-state index < -0.39 is 41.9 Å². The van der Waals surface area contributed by atoms with Crippen molar-refractivity contribution in [1.82, 2.24) is 0 Å². The van der Waals surface area contributed by atoms with Crippen molar-refractivity contribution < 1.29 is 30.0 Å². The van der Waals surface area contributed by atoms with E-state index in [9.17, 15) is 20.1 Å². The molecule has 1 rings (SSSR count). The Labute approximate surface area is 93.5 Å². The van der Waals surface area contributed by atoms with E-state index in [1.165, 1.54) is 0 Å². The van der Waals surface area contributed by atoms with E-state index in [1.807, 2.05) is 0 Å². The van der Waals surface area contributed by atoms with Gasteiger partial charge in [0, 0.05) is 0 Å². The SMILES string of the molecule is CC(C)(C)C1O[C@H](C(=O)O)[C@@H](O)[C@H](O)[C@H]1O. The van der Waals surface area contributed by atoms with Gasteiger partial charge >= 0.3 is 5.97 Å². The fourth-order valence-electron chi connectivity index (χ4n) is 1.80. The Bertz CT molecular complexity index is 271. The van der Waals surface area contributed by atoms with Crippen LogP contribution in [0.15, 0.2) is 0 Å². The lowest BCUT2D eigenvalue weighted by Crippen LogP contribution is -2.62. The summed E-state index contributed by atoms with van der Waals surface area (Å²) in [7, 11) is 0. The van der Waals surface area contributed by atoms with Gasteiger partial charge in [-0.2, -0.15) is 0 Å². The van der Waals surface area contributed by atoms with Crippen molar-refractivity contribution in [3.8, 4) is 0 Å². The molecule has 0 spiro atoms. The molecule has 5 atom stereocenters. The normalized spacial score (nSPS) is 40.8. The summed E-state index contributed by atoms with van der Waals surface area (Å²) in [5, 5.41) is 37.5. The Morgan fingerprint density at radius 3 is 1.94 bits per heavy atom. The smallest absolute Gasteiger partial charge is 0.335 e. The molecule has 1 aliphatic heterocycles. The lowest BCUT2D eigenvalue weighted by atomic mass is 9.80. The zero-order chi connectivity index (χ0) is 12.7. The molecule has 1 aliphatic rings. The topological polar surface area (TPSA) is 107 Å². The molecule has 1 fully saturated rings. The zero-order valence-corrected chi connectivity index (χ0v) is 9.49. The Morgan fingerprint density at radius 1 is 1.06 bits per heavy atom. The van der Waals surface area contributed by atoms with Gasteiger partial charge in [0.05, 0.1) is 6.10 Å². The summed E-state index contributed by atoms with van der Waals surface area (Å²) in [5.74, 6) is -1.35. The van der Waals surface area contributed by atoms with Crippen LogP contribution in [0.2, 0.25) is 0 Å². The van der Waals surface area contributed by atoms with E-state index in [0.717, 1.165) is 0 Å². The molecule has 16 heavy (non-hydrogen) atoms. The van der Waals surface area contributed by atoms with Gasteiger partial charge in [0.2, 0.25) is 0 Å². The van der Waals surface area contributed by atoms with Crippen LogP contribution in [0, 0.1) is 5.41 Å². The maximum Gasteiger partial charge on any atom is 0.335 e. The Morgan fingerprint density at radius 2 is 1.56 bits per heavy atom. The van der Waals surface area contributed by atoms with Gasteiger partial charge < -0.3 is 25.2 Å². The standard InChI is InChI=1S/C10H18O6/c1-10(2,3)8-6(13)4(11)5(12)7(16-8)9(14)15/h4-8,11-13H,1-3H3,(H,14,15)/t4-,5-,6+,7-,8?/m0/s1. The molecular weight excluding hydrogens is 216 g/mol. The molecule has 0 aromatic carbocycles. The summed E-state index contributed by atoms with van der Waals surface area (Å²) in [6.07, 6.45) is -6.79. The van der Waals surface area contributed by atoms with E-state index in [0.29, 0.717) is 0 Å². The molecule has 0 aliphatic carbocycles. The summed E-state index contributed by atoms with van der Waals surface area (Å²) >= 11 is 0. The molecule has 1 heterocycles. The zero-order valence-electron chi connectivity index (χ0n) is 9.49. The third-order valence-electron chi connectivity index (χ3n) is 2.71. The van der Waals surface area contributed by atoms with Crippen molar-refractivity contribution in [2.45, 2.75) is 51.3 Å². The molecule has 1 unspecified atom stereocenters. The van der Waals surface area contributed by atoms with Crippen LogP contribution in [-0.4, -0.2) is 56.9 Å². The largest absolute Gasteiger partial charge is 0.479 e. The van der Waals surface area contributed by atoms with Crippen molar-refractivity contribution in [1.29, 1.82) is 0 Å². The summed E-state index contributed by atoms with van der Waals surface area (Å²) in [6, 6.07) is 0. The van der Waals surface area contributed by atoms with Gasteiger partial charge in [-0.15, -0.1) is 0 Å². The first-order valence-electron chi connectivity index (χ1n) is 5.08. The second kappa shape index (κ2) is 4.29. The number of carboxylic acid groups (broad SMARTS) is 1. The molecule has 0 saturated carbocycles. The summed E-state index contributed by atoms with van der Waals surface area (Å²) in [4.78, 5) is 10.8. The van der Waals surface area contributed by atoms with E-state index >= 15 is 0 Å². The lowest BCUT2D eigenvalue weighted by Gasteiger charge is -2.44. The van der Waals surface area contributed by atoms with Crippen molar-refractivity contribution in [2.24, 2.45) is 5.41 Å². The molecule has 0 aromatic rings. The minimum Gasteiger partial charge on any atom is -0.479 e. The summed E-state index contributed by atoms with van der Waals surface area (Å²) in [6.45, 7) is 5.26. The van der Waals surface area contributed by atoms with E-state index in [2.05, 4.69) is 0 Å². The molecule has 6 nitrogen and oxygen atoms in total. The first kappa shape index (κ1) is 13.4. The second-order valence-corrected chi connectivity index (χ2v) is 5.15. The summed E-state index contributed by atoms with van der Waals surface area (Å²) < 4.78 is 5.15. The first-order chi connectivity index (χ1) is 7.16. The van der Waals surface area contributed by atoms with Gasteiger partial charge in [-0.05, 0) is 5.41 Å². The van der Waals surface area contributed by atoms with Crippen LogP contribution in [0.4, 0.5) is 0 Å². The number of hydrogen-bond donors (Lipinski definition) is 4. The fraction of sp³-hybridized carbons (Fsp3) is 0.900. The van der Waals surface area contributed by atoms with Gasteiger partial charge in [0.25, 0.3) is 0 Å². The van der Waals surface area contributed by atoms with Crippen molar-refractivity contribution in [2.75, 3.05) is 0 Å². The Balaban J connectivity index is 2.94. The average Bonchev–Trinajstić information content (AvgIpc) is 2.11. The maximum atomic E-state index is 10.8. The predicted octanol–water partition coefficient (Wildman–Crippen LogP) is -1.03. The number of ether oxygens (including phenoxy) is 1. The van der Waals surface area contributed by atoms with Gasteiger partial charge in [-0.1, -0.05) is 20.8 Å². The van der Waals surface area contributed by atoms with Crippen LogP contribution in [-0.2, 0) is 9.53 Å². The third-order valence-corrected chi connectivity index (χ3v) is 2.71. The number of aliphatic carboxylic acids is 1. The van der Waals surface area contributed by atoms with Crippen LogP contribution < -0.4 is 0 Å². The minimum atomic E-state index is -1.62. The van der Waals surface area contributed by atoms with Crippen LogP contribution in [0.3, 0.4) is 0 Å². The number of carboxylic acids is 1. The van der Waals surface area contributed by atoms with E-state index in [1.54, 1.807) is 20.8 Å². The second-order valence-electron chi connectivity index (χ2n) is 5.15. The molecule has 4 N–H and O–H groups in total. The molecule has 6 heteroatoms. The quantitative estimate of drug-likeness (QED) is 0.462. The Kier molecular flexibility index (Phi) is 3.59. The molecule has 0 bridgehead atoms. The van der Waals surface area contributed by atoms with Crippen molar-refractivity contribution >= 4 is 5.97 Å². The molecule has 0 aromatic heterocycles. The van der Waals surface area contributed by atoms with E-state index in [-0.39, 0.29) is 0 Å². The fourth-order valence-corrected chi connectivity index (χ4v) is 1.80. The van der Waals surface area contributed by atoms with Crippen molar-refractivity contribution in [3.05, 3.63) is 0 Å². The highest BCUT2D eigenvalue weighted by atomic mass is 16.6. The minimum absolute atomic E-state index is 0.533. The highest BCUT2D eigenvalue weighted by Gasteiger charge is 2.50. The average molecular weight is 234 g/mol. The van der Waals surface area contributed by atoms with Gasteiger partial charge in [-0.3, -0.25) is 0 Å². The predicted molar refractivity (Wildman–Crippen MR) is 53.8 cm³/mol. The first-order valence-corrected chi connectivity index (χ1v) is 5.08. The van der Waals surface area contributed by atoms with Crippen molar-refractivity contribution in [3.63, 3.8) is 0 Å². The number of rotatable bonds is 1. The molecule has 94 valence electrons. The molecule has 1 saturated heterocycles. The van der Waals surface area contributed by atoms with E-state index in [4.69, 9.17) is 9.84 Å². The van der Waals surface area contributed by atoms with Crippen LogP contribution in [0.1, 0.15) is 20.8 Å². The lowest BCUT2D eigenvalue weighted by molar-refractivity contribution is -0.246. The van der Waals surface area contributed by atoms with Gasteiger partial charge in [0.15, 0.2) is 6.10 Å².